The maximum atomic E-state index is 8.83. The molecule has 0 spiro atoms. The van der Waals surface area contributed by atoms with Crippen LogP contribution in [0.3, 0.4) is 0 Å². The third kappa shape index (κ3) is 1.91. The molecule has 3 nitrogen and oxygen atoms in total. The summed E-state index contributed by atoms with van der Waals surface area (Å²) in [7, 11) is 0. The molecule has 0 bridgehead atoms. The Morgan fingerprint density at radius 1 is 1.64 bits per heavy atom. The van der Waals surface area contributed by atoms with Gasteiger partial charge in [-0.25, -0.2) is 0 Å². The van der Waals surface area contributed by atoms with Gasteiger partial charge < -0.3 is 9.84 Å². The lowest BCUT2D eigenvalue weighted by Crippen LogP contribution is -1.96. The second-order valence-electron chi connectivity index (χ2n) is 2.07. The normalized spacial score (nSPS) is 9.64. The van der Waals surface area contributed by atoms with Crippen molar-refractivity contribution in [3.05, 3.63) is 24.0 Å². The molecule has 0 aliphatic carbocycles. The molecule has 0 aliphatic rings. The van der Waals surface area contributed by atoms with Crippen molar-refractivity contribution in [1.82, 2.24) is 4.98 Å². The molecule has 0 radical (unpaired) electrons. The van der Waals surface area contributed by atoms with E-state index in [1.54, 1.807) is 18.5 Å². The summed E-state index contributed by atoms with van der Waals surface area (Å²) in [5, 5.41) is 8.83. The maximum absolute atomic E-state index is 8.83. The van der Waals surface area contributed by atoms with Crippen LogP contribution in [0.1, 0.15) is 12.5 Å². The van der Waals surface area contributed by atoms with Gasteiger partial charge in [-0.15, -0.1) is 0 Å². The van der Waals surface area contributed by atoms with Crippen LogP contribution in [0.5, 0.6) is 5.75 Å². The summed E-state index contributed by atoms with van der Waals surface area (Å²) in [6.07, 6.45) is 3.25. The van der Waals surface area contributed by atoms with Crippen molar-refractivity contribution in [2.24, 2.45) is 0 Å². The molecule has 1 aromatic rings. The summed E-state index contributed by atoms with van der Waals surface area (Å²) in [6.45, 7) is 2.49. The molecular weight excluding hydrogens is 142 g/mol. The fourth-order valence-electron chi connectivity index (χ4n) is 0.829. The van der Waals surface area contributed by atoms with E-state index in [2.05, 4.69) is 4.98 Å². The van der Waals surface area contributed by atoms with Gasteiger partial charge in [0.05, 0.1) is 13.2 Å². The van der Waals surface area contributed by atoms with E-state index in [4.69, 9.17) is 9.84 Å². The summed E-state index contributed by atoms with van der Waals surface area (Å²) in [6, 6.07) is 1.75. The zero-order chi connectivity index (χ0) is 8.10. The molecule has 0 unspecified atom stereocenters. The van der Waals surface area contributed by atoms with Gasteiger partial charge in [0, 0.05) is 18.0 Å². The Bertz CT molecular complexity index is 225. The van der Waals surface area contributed by atoms with Gasteiger partial charge >= 0.3 is 0 Å². The number of aromatic nitrogens is 1. The Balaban J connectivity index is 2.83. The molecule has 1 N–H and O–H groups in total. The molecular formula is C8H11NO2. The van der Waals surface area contributed by atoms with Gasteiger partial charge in [-0.2, -0.15) is 0 Å². The molecule has 0 aromatic carbocycles. The summed E-state index contributed by atoms with van der Waals surface area (Å²) in [5.41, 5.74) is 0.731. The van der Waals surface area contributed by atoms with Gasteiger partial charge in [0.2, 0.25) is 0 Å². The average molecular weight is 153 g/mol. The number of pyridine rings is 1. The number of nitrogens with zero attached hydrogens (tertiary/aromatic N) is 1. The van der Waals surface area contributed by atoms with Crippen LogP contribution in [-0.2, 0) is 6.61 Å². The first-order valence-corrected chi connectivity index (χ1v) is 3.55. The number of ether oxygens (including phenoxy) is 1. The van der Waals surface area contributed by atoms with Crippen LogP contribution >= 0.6 is 0 Å². The van der Waals surface area contributed by atoms with Crippen LogP contribution in [-0.4, -0.2) is 16.7 Å². The molecule has 0 saturated carbocycles. The average Bonchev–Trinajstić information content (AvgIpc) is 2.06. The summed E-state index contributed by atoms with van der Waals surface area (Å²) in [5.74, 6) is 0.713. The highest BCUT2D eigenvalue weighted by Crippen LogP contribution is 2.15. The fraction of sp³-hybridized carbons (Fsp3) is 0.375. The molecule has 0 saturated heterocycles. The predicted octanol–water partition coefficient (Wildman–Crippen LogP) is 0.973. The van der Waals surface area contributed by atoms with Gasteiger partial charge in [-0.1, -0.05) is 0 Å². The zero-order valence-corrected chi connectivity index (χ0v) is 6.45. The second kappa shape index (κ2) is 3.93. The van der Waals surface area contributed by atoms with E-state index >= 15 is 0 Å². The molecule has 0 amide bonds. The maximum Gasteiger partial charge on any atom is 0.127 e. The van der Waals surface area contributed by atoms with Gasteiger partial charge in [-0.3, -0.25) is 4.98 Å². The van der Waals surface area contributed by atoms with Crippen molar-refractivity contribution in [2.45, 2.75) is 13.5 Å². The topological polar surface area (TPSA) is 42.4 Å². The largest absolute Gasteiger partial charge is 0.493 e. The number of aliphatic hydroxyl groups is 1. The van der Waals surface area contributed by atoms with Gasteiger partial charge in [0.1, 0.15) is 5.75 Å². The monoisotopic (exact) mass is 153 g/mol. The Kier molecular flexibility index (Phi) is 2.86. The summed E-state index contributed by atoms with van der Waals surface area (Å²) < 4.78 is 5.23. The van der Waals surface area contributed by atoms with E-state index < -0.39 is 0 Å². The van der Waals surface area contributed by atoms with Crippen LogP contribution in [0.15, 0.2) is 18.5 Å². The van der Waals surface area contributed by atoms with E-state index in [0.29, 0.717) is 12.4 Å². The quantitative estimate of drug-likeness (QED) is 0.703. The Hall–Kier alpha value is -1.09. The first kappa shape index (κ1) is 8.01. The van der Waals surface area contributed by atoms with Crippen LogP contribution in [0.2, 0.25) is 0 Å². The van der Waals surface area contributed by atoms with Crippen LogP contribution < -0.4 is 4.74 Å². The van der Waals surface area contributed by atoms with E-state index in [0.717, 1.165) is 5.56 Å². The number of hydrogen-bond donors (Lipinski definition) is 1. The first-order valence-electron chi connectivity index (χ1n) is 3.55. The third-order valence-electron chi connectivity index (χ3n) is 1.33. The Morgan fingerprint density at radius 3 is 3.09 bits per heavy atom. The Morgan fingerprint density at radius 2 is 2.45 bits per heavy atom. The van der Waals surface area contributed by atoms with Gasteiger partial charge in [-0.05, 0) is 13.0 Å². The minimum atomic E-state index is -0.0246. The van der Waals surface area contributed by atoms with Crippen molar-refractivity contribution < 1.29 is 9.84 Å². The predicted molar refractivity (Wildman–Crippen MR) is 41.3 cm³/mol. The number of aliphatic hydroxyl groups excluding tert-OH is 1. The van der Waals surface area contributed by atoms with E-state index in [1.807, 2.05) is 6.92 Å². The molecule has 0 atom stereocenters. The van der Waals surface area contributed by atoms with Crippen LogP contribution in [0.4, 0.5) is 0 Å². The molecule has 60 valence electrons. The standard InChI is InChI=1S/C8H11NO2/c1-2-11-8-3-4-9-5-7(8)6-10/h3-5,10H,2,6H2,1H3. The van der Waals surface area contributed by atoms with Crippen molar-refractivity contribution in [3.63, 3.8) is 0 Å². The van der Waals surface area contributed by atoms with Crippen molar-refractivity contribution >= 4 is 0 Å². The Labute approximate surface area is 65.7 Å². The lowest BCUT2D eigenvalue weighted by molar-refractivity contribution is 0.266. The third-order valence-corrected chi connectivity index (χ3v) is 1.33. The minimum Gasteiger partial charge on any atom is -0.493 e. The van der Waals surface area contributed by atoms with Crippen LogP contribution in [0, 0.1) is 0 Å². The summed E-state index contributed by atoms with van der Waals surface area (Å²) in [4.78, 5) is 3.86. The molecule has 11 heavy (non-hydrogen) atoms. The lowest BCUT2D eigenvalue weighted by atomic mass is 10.3. The van der Waals surface area contributed by atoms with E-state index in [9.17, 15) is 0 Å². The minimum absolute atomic E-state index is 0.0246. The molecule has 3 heteroatoms. The van der Waals surface area contributed by atoms with Crippen molar-refractivity contribution in [1.29, 1.82) is 0 Å². The highest BCUT2D eigenvalue weighted by molar-refractivity contribution is 5.29. The highest BCUT2D eigenvalue weighted by Gasteiger charge is 1.99. The summed E-state index contributed by atoms with van der Waals surface area (Å²) >= 11 is 0. The molecule has 1 aromatic heterocycles. The number of hydrogen-bond acceptors (Lipinski definition) is 3. The first-order chi connectivity index (χ1) is 5.38. The molecule has 0 fully saturated rings. The SMILES string of the molecule is CCOc1ccncc1CO. The fourth-order valence-corrected chi connectivity index (χ4v) is 0.829. The number of rotatable bonds is 3. The van der Waals surface area contributed by atoms with E-state index in [-0.39, 0.29) is 6.61 Å². The molecule has 1 heterocycles. The lowest BCUT2D eigenvalue weighted by Gasteiger charge is -2.05. The molecule has 0 aliphatic heterocycles. The van der Waals surface area contributed by atoms with Crippen molar-refractivity contribution in [3.8, 4) is 5.75 Å². The van der Waals surface area contributed by atoms with Crippen LogP contribution in [0.25, 0.3) is 0 Å². The highest BCUT2D eigenvalue weighted by atomic mass is 16.5. The second-order valence-corrected chi connectivity index (χ2v) is 2.07. The smallest absolute Gasteiger partial charge is 0.127 e. The van der Waals surface area contributed by atoms with Gasteiger partial charge in [0.25, 0.3) is 0 Å². The van der Waals surface area contributed by atoms with Gasteiger partial charge in [0.15, 0.2) is 0 Å². The van der Waals surface area contributed by atoms with Crippen molar-refractivity contribution in [2.75, 3.05) is 6.61 Å². The van der Waals surface area contributed by atoms with E-state index in [1.165, 1.54) is 0 Å². The zero-order valence-electron chi connectivity index (χ0n) is 6.45. The molecule has 1 rings (SSSR count).